The first-order valence-electron chi connectivity index (χ1n) is 5.79. The van der Waals surface area contributed by atoms with Crippen molar-refractivity contribution in [2.45, 2.75) is 12.8 Å². The number of ether oxygens (including phenoxy) is 2. The summed E-state index contributed by atoms with van der Waals surface area (Å²) in [5, 5.41) is 2.54. The maximum atomic E-state index is 10.9. The van der Waals surface area contributed by atoms with Crippen LogP contribution in [0.1, 0.15) is 12.8 Å². The summed E-state index contributed by atoms with van der Waals surface area (Å²) in [7, 11) is 1.62. The van der Waals surface area contributed by atoms with Crippen molar-refractivity contribution < 1.29 is 14.3 Å². The van der Waals surface area contributed by atoms with Gasteiger partial charge < -0.3 is 14.8 Å². The summed E-state index contributed by atoms with van der Waals surface area (Å²) in [5.74, 6) is 0.878. The average molecular weight is 237 g/mol. The molecule has 4 nitrogen and oxygen atoms in total. The molecule has 0 heterocycles. The van der Waals surface area contributed by atoms with Gasteiger partial charge in [0.1, 0.15) is 5.75 Å². The molecule has 0 saturated heterocycles. The summed E-state index contributed by atoms with van der Waals surface area (Å²) in [4.78, 5) is 10.9. The molecule has 0 aliphatic carbocycles. The number of nitrogens with one attached hydrogen (secondary N) is 1. The number of carbonyl (C=O) groups is 1. The van der Waals surface area contributed by atoms with E-state index in [9.17, 15) is 4.79 Å². The molecule has 1 N–H and O–H groups in total. The monoisotopic (exact) mass is 237 g/mol. The first-order valence-corrected chi connectivity index (χ1v) is 5.79. The number of hydrogen-bond acceptors (Lipinski definition) is 3. The molecule has 1 rings (SSSR count). The molecule has 0 bridgehead atoms. The number of amides is 1. The first kappa shape index (κ1) is 13.5. The molecule has 0 atom stereocenters. The number of carbonyl (C=O) groups excluding carboxylic acids is 1. The van der Waals surface area contributed by atoms with E-state index in [-0.39, 0.29) is 5.91 Å². The molecule has 17 heavy (non-hydrogen) atoms. The maximum absolute atomic E-state index is 10.9. The zero-order valence-electron chi connectivity index (χ0n) is 10.1. The van der Waals surface area contributed by atoms with E-state index in [4.69, 9.17) is 9.47 Å². The summed E-state index contributed by atoms with van der Waals surface area (Å²) >= 11 is 0. The van der Waals surface area contributed by atoms with Crippen LogP contribution in [0, 0.1) is 0 Å². The second-order valence-electron chi connectivity index (χ2n) is 3.55. The fourth-order valence-electron chi connectivity index (χ4n) is 1.26. The highest BCUT2D eigenvalue weighted by atomic mass is 16.5. The van der Waals surface area contributed by atoms with Gasteiger partial charge in [0, 0.05) is 26.5 Å². The number of para-hydroxylation sites is 1. The lowest BCUT2D eigenvalue weighted by Crippen LogP contribution is -2.19. The fourth-order valence-corrected chi connectivity index (χ4v) is 1.26. The van der Waals surface area contributed by atoms with Crippen LogP contribution in [0.25, 0.3) is 0 Å². The van der Waals surface area contributed by atoms with Crippen LogP contribution in [0.3, 0.4) is 0 Å². The molecule has 0 aliphatic heterocycles. The first-order chi connectivity index (χ1) is 8.33. The maximum Gasteiger partial charge on any atom is 0.222 e. The van der Waals surface area contributed by atoms with Crippen molar-refractivity contribution in [1.29, 1.82) is 0 Å². The molecule has 0 radical (unpaired) electrons. The summed E-state index contributed by atoms with van der Waals surface area (Å²) in [6, 6.07) is 9.68. The third kappa shape index (κ3) is 6.58. The predicted molar refractivity (Wildman–Crippen MR) is 66.1 cm³/mol. The van der Waals surface area contributed by atoms with Crippen LogP contribution in [-0.2, 0) is 9.53 Å². The molecule has 0 aliphatic rings. The van der Waals surface area contributed by atoms with Crippen LogP contribution in [0.15, 0.2) is 30.3 Å². The number of hydrogen-bond donors (Lipinski definition) is 1. The van der Waals surface area contributed by atoms with Gasteiger partial charge in [0.15, 0.2) is 0 Å². The third-order valence-electron chi connectivity index (χ3n) is 2.20. The SMILES string of the molecule is CNC(=O)CCOCCCOc1ccccc1. The van der Waals surface area contributed by atoms with Crippen molar-refractivity contribution in [2.24, 2.45) is 0 Å². The molecular formula is C13H19NO3. The summed E-state index contributed by atoms with van der Waals surface area (Å²) in [6.45, 7) is 1.71. The predicted octanol–water partition coefficient (Wildman–Crippen LogP) is 1.61. The quantitative estimate of drug-likeness (QED) is 0.699. The Morgan fingerprint density at radius 2 is 1.94 bits per heavy atom. The lowest BCUT2D eigenvalue weighted by molar-refractivity contribution is -0.121. The number of benzene rings is 1. The molecule has 1 aromatic rings. The van der Waals surface area contributed by atoms with E-state index in [0.29, 0.717) is 26.2 Å². The van der Waals surface area contributed by atoms with E-state index >= 15 is 0 Å². The van der Waals surface area contributed by atoms with Crippen LogP contribution in [-0.4, -0.2) is 32.8 Å². The molecule has 1 aromatic carbocycles. The van der Waals surface area contributed by atoms with Crippen molar-refractivity contribution >= 4 is 5.91 Å². The average Bonchev–Trinajstić information content (AvgIpc) is 2.38. The summed E-state index contributed by atoms with van der Waals surface area (Å²) in [6.07, 6.45) is 1.23. The Morgan fingerprint density at radius 3 is 2.65 bits per heavy atom. The van der Waals surface area contributed by atoms with Gasteiger partial charge in [0.05, 0.1) is 13.2 Å². The minimum atomic E-state index is 0.00513. The highest BCUT2D eigenvalue weighted by Gasteiger charge is 1.97. The Morgan fingerprint density at radius 1 is 1.18 bits per heavy atom. The normalized spacial score (nSPS) is 9.94. The molecule has 0 spiro atoms. The molecular weight excluding hydrogens is 218 g/mol. The van der Waals surface area contributed by atoms with Gasteiger partial charge in [-0.2, -0.15) is 0 Å². The van der Waals surface area contributed by atoms with Gasteiger partial charge in [-0.3, -0.25) is 4.79 Å². The van der Waals surface area contributed by atoms with Gasteiger partial charge in [-0.15, -0.1) is 0 Å². The van der Waals surface area contributed by atoms with E-state index in [1.807, 2.05) is 30.3 Å². The Balaban J connectivity index is 1.93. The van der Waals surface area contributed by atoms with E-state index in [1.54, 1.807) is 7.05 Å². The smallest absolute Gasteiger partial charge is 0.222 e. The van der Waals surface area contributed by atoms with Gasteiger partial charge in [-0.1, -0.05) is 18.2 Å². The minimum absolute atomic E-state index is 0.00513. The lowest BCUT2D eigenvalue weighted by atomic mass is 10.3. The van der Waals surface area contributed by atoms with Crippen molar-refractivity contribution in [1.82, 2.24) is 5.32 Å². The largest absolute Gasteiger partial charge is 0.494 e. The second kappa shape index (κ2) is 8.58. The molecule has 0 saturated carbocycles. The minimum Gasteiger partial charge on any atom is -0.494 e. The highest BCUT2D eigenvalue weighted by Crippen LogP contribution is 2.08. The van der Waals surface area contributed by atoms with Crippen LogP contribution in [0.2, 0.25) is 0 Å². The van der Waals surface area contributed by atoms with Gasteiger partial charge >= 0.3 is 0 Å². The third-order valence-corrected chi connectivity index (χ3v) is 2.20. The Hall–Kier alpha value is -1.55. The molecule has 1 amide bonds. The van der Waals surface area contributed by atoms with Crippen LogP contribution >= 0.6 is 0 Å². The summed E-state index contributed by atoms with van der Waals surface area (Å²) in [5.41, 5.74) is 0. The van der Waals surface area contributed by atoms with Gasteiger partial charge in [-0.25, -0.2) is 0 Å². The molecule has 4 heteroatoms. The zero-order valence-corrected chi connectivity index (χ0v) is 10.1. The van der Waals surface area contributed by atoms with Gasteiger partial charge in [0.2, 0.25) is 5.91 Å². The second-order valence-corrected chi connectivity index (χ2v) is 3.55. The van der Waals surface area contributed by atoms with Crippen molar-refractivity contribution in [3.05, 3.63) is 30.3 Å². The van der Waals surface area contributed by atoms with E-state index in [1.165, 1.54) is 0 Å². The molecule has 0 unspecified atom stereocenters. The Kier molecular flexibility index (Phi) is 6.82. The lowest BCUT2D eigenvalue weighted by Gasteiger charge is -2.06. The van der Waals surface area contributed by atoms with Crippen LogP contribution in [0.5, 0.6) is 5.75 Å². The Labute approximate surface area is 102 Å². The molecule has 94 valence electrons. The van der Waals surface area contributed by atoms with Gasteiger partial charge in [-0.05, 0) is 12.1 Å². The molecule has 0 aromatic heterocycles. The molecule has 0 fully saturated rings. The summed E-state index contributed by atoms with van der Waals surface area (Å²) < 4.78 is 10.8. The van der Waals surface area contributed by atoms with Crippen molar-refractivity contribution in [3.8, 4) is 5.75 Å². The van der Waals surface area contributed by atoms with E-state index in [0.717, 1.165) is 12.2 Å². The van der Waals surface area contributed by atoms with Crippen molar-refractivity contribution in [2.75, 3.05) is 26.9 Å². The van der Waals surface area contributed by atoms with Crippen LogP contribution < -0.4 is 10.1 Å². The standard InChI is InChI=1S/C13H19NO3/c1-14-13(15)8-11-16-9-5-10-17-12-6-3-2-4-7-12/h2-4,6-7H,5,8-11H2,1H3,(H,14,15). The van der Waals surface area contributed by atoms with Crippen LogP contribution in [0.4, 0.5) is 0 Å². The Bertz CT molecular complexity index is 314. The van der Waals surface area contributed by atoms with Gasteiger partial charge in [0.25, 0.3) is 0 Å². The zero-order chi connectivity index (χ0) is 12.3. The van der Waals surface area contributed by atoms with Crippen molar-refractivity contribution in [3.63, 3.8) is 0 Å². The van der Waals surface area contributed by atoms with E-state index in [2.05, 4.69) is 5.32 Å². The fraction of sp³-hybridized carbons (Fsp3) is 0.462. The topological polar surface area (TPSA) is 47.6 Å². The number of rotatable bonds is 8. The van der Waals surface area contributed by atoms with E-state index < -0.39 is 0 Å². The highest BCUT2D eigenvalue weighted by molar-refractivity contribution is 5.75.